The number of hydrogen-bond donors (Lipinski definition) is 1. The molecule has 0 unspecified atom stereocenters. The minimum absolute atomic E-state index is 0.425. The van der Waals surface area contributed by atoms with Crippen molar-refractivity contribution in [2.45, 2.75) is 37.6 Å². The van der Waals surface area contributed by atoms with Gasteiger partial charge in [0, 0.05) is 12.0 Å². The molecule has 1 saturated carbocycles. The van der Waals surface area contributed by atoms with E-state index in [-0.39, 0.29) is 0 Å². The largest absolute Gasteiger partial charge is 0.339 e. The normalized spacial score (nSPS) is 23.7. The van der Waals surface area contributed by atoms with Crippen LogP contribution in [-0.4, -0.2) is 23.2 Å². The Balaban J connectivity index is 1.72. The summed E-state index contributed by atoms with van der Waals surface area (Å²) in [4.78, 5) is 5.61. The van der Waals surface area contributed by atoms with Crippen LogP contribution in [0.5, 0.6) is 0 Å². The van der Waals surface area contributed by atoms with Crippen LogP contribution in [0.1, 0.15) is 37.5 Å². The highest BCUT2D eigenvalue weighted by atomic mass is 79.9. The number of aromatic nitrogens is 2. The molecule has 6 heteroatoms. The fourth-order valence-corrected chi connectivity index (χ4v) is 3.88. The minimum atomic E-state index is 0.425. The van der Waals surface area contributed by atoms with E-state index in [9.17, 15) is 0 Å². The molecule has 19 heavy (non-hydrogen) atoms. The van der Waals surface area contributed by atoms with Gasteiger partial charge in [-0.05, 0) is 60.8 Å². The maximum absolute atomic E-state index is 5.45. The molecule has 0 bridgehead atoms. The first-order valence-corrected chi connectivity index (χ1v) is 8.14. The Kier molecular flexibility index (Phi) is 4.00. The predicted octanol–water partition coefficient (Wildman–Crippen LogP) is 3.81. The first-order valence-electron chi connectivity index (χ1n) is 6.53. The summed E-state index contributed by atoms with van der Waals surface area (Å²) in [5.74, 6) is 1.93. The third-order valence-corrected chi connectivity index (χ3v) is 5.34. The lowest BCUT2D eigenvalue weighted by Gasteiger charge is -2.25. The highest BCUT2D eigenvalue weighted by Gasteiger charge is 2.26. The Hall–Kier alpha value is -0.720. The molecule has 102 valence electrons. The van der Waals surface area contributed by atoms with Gasteiger partial charge >= 0.3 is 0 Å². The molecule has 2 aromatic heterocycles. The standard InChI is InChI=1S/C13H16BrN3OS/c1-15-9-4-2-8(3-5-9)13-16-12(17-18-13)10-6-7-11(14)19-10/h6-9,15H,2-5H2,1H3. The molecule has 2 heterocycles. The summed E-state index contributed by atoms with van der Waals surface area (Å²) in [6, 6.07) is 4.67. The van der Waals surface area contributed by atoms with E-state index in [2.05, 4.69) is 31.4 Å². The molecule has 0 aromatic carbocycles. The van der Waals surface area contributed by atoms with Crippen molar-refractivity contribution in [1.29, 1.82) is 0 Å². The molecule has 2 aromatic rings. The zero-order valence-corrected chi connectivity index (χ0v) is 13.1. The Morgan fingerprint density at radius 2 is 2.11 bits per heavy atom. The number of rotatable bonds is 3. The molecule has 0 amide bonds. The third-order valence-electron chi connectivity index (χ3n) is 3.72. The van der Waals surface area contributed by atoms with E-state index in [1.165, 1.54) is 12.8 Å². The van der Waals surface area contributed by atoms with Gasteiger partial charge in [-0.2, -0.15) is 4.98 Å². The number of halogens is 1. The zero-order valence-electron chi connectivity index (χ0n) is 10.7. The first-order chi connectivity index (χ1) is 9.26. The highest BCUT2D eigenvalue weighted by Crippen LogP contribution is 2.34. The monoisotopic (exact) mass is 341 g/mol. The van der Waals surface area contributed by atoms with Crippen LogP contribution in [0.3, 0.4) is 0 Å². The van der Waals surface area contributed by atoms with Crippen molar-refractivity contribution < 1.29 is 4.52 Å². The van der Waals surface area contributed by atoms with Crippen LogP contribution < -0.4 is 5.32 Å². The van der Waals surface area contributed by atoms with Gasteiger partial charge in [0.1, 0.15) is 0 Å². The molecule has 0 atom stereocenters. The Morgan fingerprint density at radius 3 is 2.74 bits per heavy atom. The van der Waals surface area contributed by atoms with Crippen molar-refractivity contribution in [1.82, 2.24) is 15.5 Å². The van der Waals surface area contributed by atoms with Crippen LogP contribution in [0.25, 0.3) is 10.7 Å². The summed E-state index contributed by atoms with van der Waals surface area (Å²) in [5.41, 5.74) is 0. The maximum Gasteiger partial charge on any atom is 0.230 e. The molecular weight excluding hydrogens is 326 g/mol. The summed E-state index contributed by atoms with van der Waals surface area (Å²) in [7, 11) is 2.03. The molecule has 0 saturated heterocycles. The highest BCUT2D eigenvalue weighted by molar-refractivity contribution is 9.11. The smallest absolute Gasteiger partial charge is 0.230 e. The van der Waals surface area contributed by atoms with Crippen LogP contribution in [0.2, 0.25) is 0 Å². The quantitative estimate of drug-likeness (QED) is 0.922. The predicted molar refractivity (Wildman–Crippen MR) is 79.4 cm³/mol. The van der Waals surface area contributed by atoms with E-state index in [4.69, 9.17) is 4.52 Å². The van der Waals surface area contributed by atoms with E-state index in [1.54, 1.807) is 11.3 Å². The van der Waals surface area contributed by atoms with Crippen LogP contribution in [0.4, 0.5) is 0 Å². The average molecular weight is 342 g/mol. The fraction of sp³-hybridized carbons (Fsp3) is 0.538. The average Bonchev–Trinajstić information content (AvgIpc) is 3.07. The second-order valence-corrected chi connectivity index (χ2v) is 7.36. The van der Waals surface area contributed by atoms with Gasteiger partial charge in [-0.15, -0.1) is 11.3 Å². The van der Waals surface area contributed by atoms with Crippen LogP contribution in [-0.2, 0) is 0 Å². The Bertz CT molecular complexity index is 546. The van der Waals surface area contributed by atoms with Gasteiger partial charge in [0.05, 0.1) is 8.66 Å². The second-order valence-electron chi connectivity index (χ2n) is 4.90. The Labute approximate surface area is 124 Å². The van der Waals surface area contributed by atoms with Crippen molar-refractivity contribution in [3.05, 3.63) is 21.8 Å². The number of hydrogen-bond acceptors (Lipinski definition) is 5. The zero-order chi connectivity index (χ0) is 13.2. The fourth-order valence-electron chi connectivity index (χ4n) is 2.56. The minimum Gasteiger partial charge on any atom is -0.339 e. The lowest BCUT2D eigenvalue weighted by molar-refractivity contribution is 0.289. The molecule has 0 radical (unpaired) electrons. The van der Waals surface area contributed by atoms with E-state index in [1.807, 2.05) is 19.2 Å². The first kappa shape index (κ1) is 13.3. The summed E-state index contributed by atoms with van der Waals surface area (Å²) < 4.78 is 6.53. The third kappa shape index (κ3) is 2.90. The van der Waals surface area contributed by atoms with Gasteiger partial charge in [0.15, 0.2) is 0 Å². The molecule has 1 aliphatic carbocycles. The molecule has 1 fully saturated rings. The van der Waals surface area contributed by atoms with Crippen molar-refractivity contribution in [3.63, 3.8) is 0 Å². The van der Waals surface area contributed by atoms with Crippen LogP contribution >= 0.6 is 27.3 Å². The summed E-state index contributed by atoms with van der Waals surface area (Å²) in [6.45, 7) is 0. The van der Waals surface area contributed by atoms with Crippen molar-refractivity contribution in [3.8, 4) is 10.7 Å². The number of thiophene rings is 1. The number of nitrogens with one attached hydrogen (secondary N) is 1. The maximum atomic E-state index is 5.45. The van der Waals surface area contributed by atoms with E-state index in [0.717, 1.165) is 27.4 Å². The molecule has 0 aliphatic heterocycles. The lowest BCUT2D eigenvalue weighted by atomic mass is 9.86. The molecular formula is C13H16BrN3OS. The molecule has 1 aliphatic rings. The molecule has 3 rings (SSSR count). The molecule has 1 N–H and O–H groups in total. The van der Waals surface area contributed by atoms with Gasteiger partial charge < -0.3 is 9.84 Å². The lowest BCUT2D eigenvalue weighted by Crippen LogP contribution is -2.29. The van der Waals surface area contributed by atoms with E-state index in [0.29, 0.717) is 17.8 Å². The van der Waals surface area contributed by atoms with Gasteiger partial charge in [0.2, 0.25) is 11.7 Å². The molecule has 0 spiro atoms. The summed E-state index contributed by atoms with van der Waals surface area (Å²) in [5, 5.41) is 7.44. The van der Waals surface area contributed by atoms with Gasteiger partial charge in [0.25, 0.3) is 0 Å². The topological polar surface area (TPSA) is 51.0 Å². The van der Waals surface area contributed by atoms with Crippen molar-refractivity contribution >= 4 is 27.3 Å². The SMILES string of the molecule is CNC1CCC(c2nc(-c3ccc(Br)s3)no2)CC1. The van der Waals surface area contributed by atoms with E-state index >= 15 is 0 Å². The van der Waals surface area contributed by atoms with Gasteiger partial charge in [-0.25, -0.2) is 0 Å². The second kappa shape index (κ2) is 5.73. The summed E-state index contributed by atoms with van der Waals surface area (Å²) in [6.07, 6.45) is 4.62. The Morgan fingerprint density at radius 1 is 1.32 bits per heavy atom. The van der Waals surface area contributed by atoms with Gasteiger partial charge in [-0.1, -0.05) is 5.16 Å². The summed E-state index contributed by atoms with van der Waals surface area (Å²) >= 11 is 5.08. The van der Waals surface area contributed by atoms with Crippen molar-refractivity contribution in [2.24, 2.45) is 0 Å². The van der Waals surface area contributed by atoms with Crippen LogP contribution in [0.15, 0.2) is 20.4 Å². The number of nitrogens with zero attached hydrogens (tertiary/aromatic N) is 2. The van der Waals surface area contributed by atoms with Crippen LogP contribution in [0, 0.1) is 0 Å². The molecule has 4 nitrogen and oxygen atoms in total. The van der Waals surface area contributed by atoms with Crippen molar-refractivity contribution in [2.75, 3.05) is 7.05 Å². The van der Waals surface area contributed by atoms with E-state index < -0.39 is 0 Å². The van der Waals surface area contributed by atoms with Gasteiger partial charge in [-0.3, -0.25) is 0 Å².